The van der Waals surface area contributed by atoms with E-state index in [1.54, 1.807) is 18.3 Å². The highest BCUT2D eigenvalue weighted by atomic mass is 19.2. The van der Waals surface area contributed by atoms with Crippen molar-refractivity contribution < 1.29 is 23.1 Å². The number of hydrogen-bond acceptors (Lipinski definition) is 3. The predicted molar refractivity (Wildman–Crippen MR) is 83.9 cm³/mol. The van der Waals surface area contributed by atoms with Crippen LogP contribution in [0.25, 0.3) is 10.9 Å². The quantitative estimate of drug-likeness (QED) is 0.584. The Hall–Kier alpha value is -3.02. The van der Waals surface area contributed by atoms with Crippen LogP contribution in [0.4, 0.5) is 8.78 Å². The molecule has 1 atom stereocenters. The number of hydrogen-bond donors (Lipinski definition) is 1. The van der Waals surface area contributed by atoms with Gasteiger partial charge in [0.15, 0.2) is 17.7 Å². The first-order valence-electron chi connectivity index (χ1n) is 7.23. The molecule has 4 nitrogen and oxygen atoms in total. The van der Waals surface area contributed by atoms with E-state index in [9.17, 15) is 18.4 Å². The maximum absolute atomic E-state index is 13.2. The standard InChI is InChI=1S/C18H13F2NO3/c1-10(24-18(23)11-6-7-14(19)15(20)8-11)17(22)13-9-21-16-5-3-2-4-12(13)16/h2-10,21H,1H3. The molecule has 1 heterocycles. The molecule has 0 aliphatic carbocycles. The summed E-state index contributed by atoms with van der Waals surface area (Å²) < 4.78 is 31.2. The van der Waals surface area contributed by atoms with Gasteiger partial charge in [-0.2, -0.15) is 0 Å². The lowest BCUT2D eigenvalue weighted by atomic mass is 10.1. The van der Waals surface area contributed by atoms with Crippen molar-refractivity contribution in [1.29, 1.82) is 0 Å². The Balaban J connectivity index is 1.78. The van der Waals surface area contributed by atoms with E-state index in [0.29, 0.717) is 5.56 Å². The number of rotatable bonds is 4. The lowest BCUT2D eigenvalue weighted by Crippen LogP contribution is -2.24. The molecule has 0 spiro atoms. The first-order valence-corrected chi connectivity index (χ1v) is 7.23. The molecule has 0 radical (unpaired) electrons. The van der Waals surface area contributed by atoms with Gasteiger partial charge in [-0.15, -0.1) is 0 Å². The first-order chi connectivity index (χ1) is 11.5. The Morgan fingerprint density at radius 2 is 1.83 bits per heavy atom. The minimum Gasteiger partial charge on any atom is -0.451 e. The van der Waals surface area contributed by atoms with Gasteiger partial charge >= 0.3 is 5.97 Å². The van der Waals surface area contributed by atoms with Gasteiger partial charge < -0.3 is 9.72 Å². The maximum Gasteiger partial charge on any atom is 0.338 e. The van der Waals surface area contributed by atoms with Crippen LogP contribution in [0.3, 0.4) is 0 Å². The van der Waals surface area contributed by atoms with Crippen molar-refractivity contribution in [3.05, 3.63) is 71.4 Å². The van der Waals surface area contributed by atoms with Crippen molar-refractivity contribution in [2.75, 3.05) is 0 Å². The van der Waals surface area contributed by atoms with E-state index in [4.69, 9.17) is 4.74 Å². The van der Waals surface area contributed by atoms with Crippen LogP contribution in [-0.2, 0) is 4.74 Å². The molecule has 1 unspecified atom stereocenters. The fourth-order valence-electron chi connectivity index (χ4n) is 2.40. The molecule has 24 heavy (non-hydrogen) atoms. The lowest BCUT2D eigenvalue weighted by molar-refractivity contribution is 0.0319. The second-order valence-electron chi connectivity index (χ2n) is 5.29. The van der Waals surface area contributed by atoms with Gasteiger partial charge in [0.25, 0.3) is 0 Å². The molecule has 3 rings (SSSR count). The second-order valence-corrected chi connectivity index (χ2v) is 5.29. The minimum atomic E-state index is -1.15. The summed E-state index contributed by atoms with van der Waals surface area (Å²) in [6.45, 7) is 1.43. The Morgan fingerprint density at radius 3 is 2.58 bits per heavy atom. The summed E-state index contributed by atoms with van der Waals surface area (Å²) in [5.41, 5.74) is 1.03. The van der Waals surface area contributed by atoms with Crippen molar-refractivity contribution in [1.82, 2.24) is 4.98 Å². The number of carbonyl (C=O) groups excluding carboxylic acids is 2. The molecule has 122 valence electrons. The highest BCUT2D eigenvalue weighted by Crippen LogP contribution is 2.20. The zero-order valence-corrected chi connectivity index (χ0v) is 12.7. The Kier molecular flexibility index (Phi) is 4.12. The Bertz CT molecular complexity index is 933. The first kappa shape index (κ1) is 15.9. The third kappa shape index (κ3) is 2.90. The number of ether oxygens (including phenoxy) is 1. The van der Waals surface area contributed by atoms with Crippen molar-refractivity contribution in [3.8, 4) is 0 Å². The fraction of sp³-hybridized carbons (Fsp3) is 0.111. The summed E-state index contributed by atoms with van der Waals surface area (Å²) in [5, 5.41) is 0.721. The van der Waals surface area contributed by atoms with Crippen LogP contribution in [0.1, 0.15) is 27.6 Å². The third-order valence-corrected chi connectivity index (χ3v) is 3.66. The molecule has 0 amide bonds. The molecule has 0 bridgehead atoms. The van der Waals surface area contributed by atoms with Gasteiger partial charge in [-0.05, 0) is 31.2 Å². The smallest absolute Gasteiger partial charge is 0.338 e. The van der Waals surface area contributed by atoms with Crippen LogP contribution in [0, 0.1) is 11.6 Å². The second kappa shape index (κ2) is 6.23. The number of carbonyl (C=O) groups is 2. The Labute approximate surface area is 136 Å². The van der Waals surface area contributed by atoms with Gasteiger partial charge in [-0.25, -0.2) is 13.6 Å². The van der Waals surface area contributed by atoms with E-state index in [1.165, 1.54) is 6.92 Å². The molecule has 3 aromatic rings. The van der Waals surface area contributed by atoms with E-state index in [1.807, 2.05) is 12.1 Å². The van der Waals surface area contributed by atoms with Crippen LogP contribution in [-0.4, -0.2) is 22.8 Å². The van der Waals surface area contributed by atoms with Crippen LogP contribution in [0.2, 0.25) is 0 Å². The summed E-state index contributed by atoms with van der Waals surface area (Å²) >= 11 is 0. The van der Waals surface area contributed by atoms with E-state index < -0.39 is 23.7 Å². The molecule has 1 aromatic heterocycles. The lowest BCUT2D eigenvalue weighted by Gasteiger charge is -2.12. The average molecular weight is 329 g/mol. The summed E-state index contributed by atoms with van der Waals surface area (Å²) in [6, 6.07) is 9.90. The number of H-pyrrole nitrogens is 1. The van der Waals surface area contributed by atoms with Gasteiger partial charge in [0.05, 0.1) is 5.56 Å². The number of benzene rings is 2. The zero-order valence-electron chi connectivity index (χ0n) is 12.7. The highest BCUT2D eigenvalue weighted by Gasteiger charge is 2.23. The number of esters is 1. The largest absolute Gasteiger partial charge is 0.451 e. The molecule has 0 saturated heterocycles. The zero-order chi connectivity index (χ0) is 17.3. The van der Waals surface area contributed by atoms with Crippen molar-refractivity contribution in [2.45, 2.75) is 13.0 Å². The van der Waals surface area contributed by atoms with Gasteiger partial charge in [0.1, 0.15) is 0 Å². The predicted octanol–water partition coefficient (Wildman–Crippen LogP) is 3.87. The molecule has 0 aliphatic heterocycles. The number of aromatic amines is 1. The molecule has 6 heteroatoms. The van der Waals surface area contributed by atoms with Gasteiger partial charge in [0, 0.05) is 22.7 Å². The summed E-state index contributed by atoms with van der Waals surface area (Å²) in [7, 11) is 0. The van der Waals surface area contributed by atoms with E-state index in [-0.39, 0.29) is 11.3 Å². The maximum atomic E-state index is 13.2. The van der Waals surface area contributed by atoms with Crippen molar-refractivity contribution in [3.63, 3.8) is 0 Å². The molecular formula is C18H13F2NO3. The normalized spacial score (nSPS) is 12.1. The molecule has 0 fully saturated rings. The number of Topliss-reactive ketones (excluding diaryl/α,β-unsaturated/α-hetero) is 1. The summed E-state index contributed by atoms with van der Waals surface area (Å²) in [4.78, 5) is 27.4. The molecule has 2 aromatic carbocycles. The van der Waals surface area contributed by atoms with Crippen molar-refractivity contribution in [2.24, 2.45) is 0 Å². The molecular weight excluding hydrogens is 316 g/mol. The van der Waals surface area contributed by atoms with Gasteiger partial charge in [0.2, 0.25) is 5.78 Å². The van der Waals surface area contributed by atoms with Crippen LogP contribution in [0.5, 0.6) is 0 Å². The number of aromatic nitrogens is 1. The topological polar surface area (TPSA) is 59.2 Å². The molecule has 0 saturated carbocycles. The number of ketones is 1. The number of halogens is 2. The number of fused-ring (bicyclic) bond motifs is 1. The summed E-state index contributed by atoms with van der Waals surface area (Å²) in [5.74, 6) is -3.49. The fourth-order valence-corrected chi connectivity index (χ4v) is 2.40. The van der Waals surface area contributed by atoms with Gasteiger partial charge in [-0.1, -0.05) is 18.2 Å². The number of nitrogens with one attached hydrogen (secondary N) is 1. The Morgan fingerprint density at radius 1 is 1.08 bits per heavy atom. The molecule has 1 N–H and O–H groups in total. The third-order valence-electron chi connectivity index (χ3n) is 3.66. The number of para-hydroxylation sites is 1. The van der Waals surface area contributed by atoms with Crippen LogP contribution >= 0.6 is 0 Å². The van der Waals surface area contributed by atoms with Crippen molar-refractivity contribution >= 4 is 22.7 Å². The average Bonchev–Trinajstić information content (AvgIpc) is 3.00. The SMILES string of the molecule is CC(OC(=O)c1ccc(F)c(F)c1)C(=O)c1c[nH]c2ccccc12. The van der Waals surface area contributed by atoms with E-state index in [0.717, 1.165) is 29.1 Å². The summed E-state index contributed by atoms with van der Waals surface area (Å²) in [6.07, 6.45) is 0.486. The molecule has 0 aliphatic rings. The minimum absolute atomic E-state index is 0.160. The van der Waals surface area contributed by atoms with Gasteiger partial charge in [-0.3, -0.25) is 4.79 Å². The van der Waals surface area contributed by atoms with E-state index in [2.05, 4.69) is 4.98 Å². The van der Waals surface area contributed by atoms with Crippen LogP contribution < -0.4 is 0 Å². The van der Waals surface area contributed by atoms with Crippen LogP contribution in [0.15, 0.2) is 48.7 Å². The highest BCUT2D eigenvalue weighted by molar-refractivity contribution is 6.10. The monoisotopic (exact) mass is 329 g/mol. The van der Waals surface area contributed by atoms with E-state index >= 15 is 0 Å².